The van der Waals surface area contributed by atoms with Gasteiger partial charge in [0, 0.05) is 11.4 Å². The van der Waals surface area contributed by atoms with E-state index in [2.05, 4.69) is 5.32 Å². The van der Waals surface area contributed by atoms with Gasteiger partial charge in [-0.3, -0.25) is 4.90 Å². The molecule has 2 aromatic rings. The van der Waals surface area contributed by atoms with Crippen LogP contribution in [0, 0.1) is 18.6 Å². The van der Waals surface area contributed by atoms with Gasteiger partial charge < -0.3 is 10.1 Å². The van der Waals surface area contributed by atoms with Crippen LogP contribution in [0.25, 0.3) is 0 Å². The second-order valence-corrected chi connectivity index (χ2v) is 6.61. The van der Waals surface area contributed by atoms with Gasteiger partial charge in [-0.2, -0.15) is 0 Å². The predicted octanol–water partition coefficient (Wildman–Crippen LogP) is 4.16. The highest BCUT2D eigenvalue weighted by atomic mass is 32.1. The highest BCUT2D eigenvalue weighted by Gasteiger charge is 2.35. The second kappa shape index (κ2) is 7.44. The number of ether oxygens (including phenoxy) is 1. The number of aryl methyl sites for hydroxylation is 1. The van der Waals surface area contributed by atoms with Crippen molar-refractivity contribution in [2.45, 2.75) is 19.9 Å². The molecule has 0 fully saturated rings. The number of nitrogens with one attached hydrogen (secondary N) is 1. The van der Waals surface area contributed by atoms with E-state index in [-0.39, 0.29) is 5.57 Å². The molecule has 4 nitrogen and oxygen atoms in total. The first-order chi connectivity index (χ1) is 12.8. The molecule has 0 radical (unpaired) electrons. The van der Waals surface area contributed by atoms with Gasteiger partial charge in [-0.25, -0.2) is 13.6 Å². The lowest BCUT2D eigenvalue weighted by atomic mass is 9.94. The first-order valence-electron chi connectivity index (χ1n) is 8.24. The molecular weight excluding hydrogens is 370 g/mol. The number of hydrogen-bond acceptors (Lipinski definition) is 3. The lowest BCUT2D eigenvalue weighted by molar-refractivity contribution is -0.136. The number of rotatable bonds is 3. The Bertz CT molecular complexity index is 959. The van der Waals surface area contributed by atoms with E-state index in [1.165, 1.54) is 13.2 Å². The van der Waals surface area contributed by atoms with Crippen molar-refractivity contribution in [3.8, 4) is 0 Å². The van der Waals surface area contributed by atoms with Crippen LogP contribution >= 0.6 is 12.2 Å². The van der Waals surface area contributed by atoms with Crippen LogP contribution in [0.3, 0.4) is 0 Å². The fraction of sp³-hybridized carbons (Fsp3) is 0.200. The van der Waals surface area contributed by atoms with Crippen LogP contribution in [0.15, 0.2) is 53.7 Å². The zero-order valence-electron chi connectivity index (χ0n) is 15.0. The Morgan fingerprint density at radius 2 is 1.89 bits per heavy atom. The highest BCUT2D eigenvalue weighted by molar-refractivity contribution is 7.80. The Kier molecular flexibility index (Phi) is 5.23. The maximum absolute atomic E-state index is 13.7. The Balaban J connectivity index is 2.15. The average molecular weight is 388 g/mol. The zero-order chi connectivity index (χ0) is 19.7. The normalized spacial score (nSPS) is 17.0. The molecule has 140 valence electrons. The summed E-state index contributed by atoms with van der Waals surface area (Å²) >= 11 is 5.50. The molecule has 1 aliphatic rings. The summed E-state index contributed by atoms with van der Waals surface area (Å²) in [5.74, 6) is -2.53. The molecule has 0 amide bonds. The third kappa shape index (κ3) is 3.55. The molecule has 2 aromatic carbocycles. The topological polar surface area (TPSA) is 41.6 Å². The Morgan fingerprint density at radius 3 is 2.52 bits per heavy atom. The minimum Gasteiger partial charge on any atom is -0.466 e. The van der Waals surface area contributed by atoms with Crippen LogP contribution in [-0.4, -0.2) is 18.2 Å². The summed E-state index contributed by atoms with van der Waals surface area (Å²) in [5, 5.41) is 3.40. The SMILES string of the molecule is COC(=O)C1=C(C)N(c2cccc(C)c2)C(=S)N[C@@H]1c1ccc(F)c(F)c1. The second-order valence-electron chi connectivity index (χ2n) is 6.22. The van der Waals surface area contributed by atoms with E-state index < -0.39 is 23.6 Å². The van der Waals surface area contributed by atoms with E-state index in [9.17, 15) is 13.6 Å². The van der Waals surface area contributed by atoms with E-state index in [1.54, 1.807) is 11.8 Å². The maximum atomic E-state index is 13.7. The number of anilines is 1. The van der Waals surface area contributed by atoms with Crippen LogP contribution in [0.5, 0.6) is 0 Å². The van der Waals surface area contributed by atoms with Crippen LogP contribution in [0.4, 0.5) is 14.5 Å². The number of allylic oxidation sites excluding steroid dienone is 1. The molecule has 27 heavy (non-hydrogen) atoms. The molecule has 0 saturated heterocycles. The number of esters is 1. The van der Waals surface area contributed by atoms with Crippen molar-refractivity contribution in [2.24, 2.45) is 0 Å². The van der Waals surface area contributed by atoms with Crippen LogP contribution in [0.1, 0.15) is 24.1 Å². The van der Waals surface area contributed by atoms with Crippen molar-refractivity contribution in [2.75, 3.05) is 12.0 Å². The molecule has 7 heteroatoms. The summed E-state index contributed by atoms with van der Waals surface area (Å²) in [6.07, 6.45) is 0. The summed E-state index contributed by atoms with van der Waals surface area (Å²) in [7, 11) is 1.27. The van der Waals surface area contributed by atoms with E-state index in [1.807, 2.05) is 31.2 Å². The number of carbonyl (C=O) groups excluding carboxylic acids is 1. The third-order valence-electron chi connectivity index (χ3n) is 4.43. The molecule has 1 atom stereocenters. The van der Waals surface area contributed by atoms with Crippen LogP contribution in [0.2, 0.25) is 0 Å². The molecule has 1 N–H and O–H groups in total. The molecule has 1 heterocycles. The monoisotopic (exact) mass is 388 g/mol. The number of hydrogen-bond donors (Lipinski definition) is 1. The molecule has 0 aliphatic carbocycles. The Morgan fingerprint density at radius 1 is 1.15 bits per heavy atom. The number of benzene rings is 2. The summed E-state index contributed by atoms with van der Waals surface area (Å²) in [6.45, 7) is 3.70. The minimum atomic E-state index is -0.997. The molecule has 0 bridgehead atoms. The quantitative estimate of drug-likeness (QED) is 0.632. The van der Waals surface area contributed by atoms with E-state index >= 15 is 0 Å². The van der Waals surface area contributed by atoms with Gasteiger partial charge in [0.15, 0.2) is 16.7 Å². The minimum absolute atomic E-state index is 0.276. The number of methoxy groups -OCH3 is 1. The van der Waals surface area contributed by atoms with Crippen molar-refractivity contribution >= 4 is 29.0 Å². The fourth-order valence-electron chi connectivity index (χ4n) is 3.14. The summed E-state index contributed by atoms with van der Waals surface area (Å²) < 4.78 is 32.0. The standard InChI is InChI=1S/C20H18F2N2O2S/c1-11-5-4-6-14(9-11)24-12(2)17(19(25)26-3)18(23-20(24)27)13-7-8-15(21)16(22)10-13/h4-10,18H,1-3H3,(H,23,27)/t18-/m1/s1. The molecule has 0 unspecified atom stereocenters. The van der Waals surface area contributed by atoms with Gasteiger partial charge in [0.25, 0.3) is 0 Å². The highest BCUT2D eigenvalue weighted by Crippen LogP contribution is 2.34. The summed E-state index contributed by atoms with van der Waals surface area (Å²) in [4.78, 5) is 14.2. The van der Waals surface area contributed by atoms with Gasteiger partial charge in [0.2, 0.25) is 0 Å². The fourth-order valence-corrected chi connectivity index (χ4v) is 3.50. The average Bonchev–Trinajstić information content (AvgIpc) is 2.63. The predicted molar refractivity (Wildman–Crippen MR) is 103 cm³/mol. The molecular formula is C20H18F2N2O2S. The smallest absolute Gasteiger partial charge is 0.337 e. The molecule has 0 aromatic heterocycles. The lowest BCUT2D eigenvalue weighted by Gasteiger charge is -2.37. The Labute approximate surface area is 161 Å². The van der Waals surface area contributed by atoms with Crippen molar-refractivity contribution in [3.63, 3.8) is 0 Å². The van der Waals surface area contributed by atoms with Crippen molar-refractivity contribution < 1.29 is 18.3 Å². The van der Waals surface area contributed by atoms with Gasteiger partial charge in [-0.05, 0) is 61.5 Å². The van der Waals surface area contributed by atoms with E-state index in [0.717, 1.165) is 23.4 Å². The van der Waals surface area contributed by atoms with Gasteiger partial charge in [-0.1, -0.05) is 18.2 Å². The van der Waals surface area contributed by atoms with Gasteiger partial charge in [-0.15, -0.1) is 0 Å². The first-order valence-corrected chi connectivity index (χ1v) is 8.65. The Hall–Kier alpha value is -2.80. The molecule has 1 aliphatic heterocycles. The number of nitrogens with zero attached hydrogens (tertiary/aromatic N) is 1. The van der Waals surface area contributed by atoms with E-state index in [0.29, 0.717) is 16.4 Å². The van der Waals surface area contributed by atoms with Gasteiger partial charge in [0.1, 0.15) is 0 Å². The van der Waals surface area contributed by atoms with Crippen molar-refractivity contribution in [3.05, 3.63) is 76.5 Å². The number of thiocarbonyl (C=S) groups is 1. The van der Waals surface area contributed by atoms with Crippen molar-refractivity contribution in [1.29, 1.82) is 0 Å². The molecule has 0 saturated carbocycles. The summed E-state index contributed by atoms with van der Waals surface area (Å²) in [5.41, 5.74) is 3.03. The first kappa shape index (κ1) is 19.0. The zero-order valence-corrected chi connectivity index (χ0v) is 15.9. The summed E-state index contributed by atoms with van der Waals surface area (Å²) in [6, 6.07) is 10.4. The number of halogens is 2. The molecule has 3 rings (SSSR count). The third-order valence-corrected chi connectivity index (χ3v) is 4.73. The van der Waals surface area contributed by atoms with Gasteiger partial charge >= 0.3 is 5.97 Å². The van der Waals surface area contributed by atoms with Crippen molar-refractivity contribution in [1.82, 2.24) is 5.32 Å². The van der Waals surface area contributed by atoms with Crippen LogP contribution in [-0.2, 0) is 9.53 Å². The number of carbonyl (C=O) groups is 1. The van der Waals surface area contributed by atoms with Gasteiger partial charge in [0.05, 0.1) is 18.7 Å². The van der Waals surface area contributed by atoms with E-state index in [4.69, 9.17) is 17.0 Å². The maximum Gasteiger partial charge on any atom is 0.337 e. The largest absolute Gasteiger partial charge is 0.466 e. The lowest BCUT2D eigenvalue weighted by Crippen LogP contribution is -2.48. The van der Waals surface area contributed by atoms with Crippen LogP contribution < -0.4 is 10.2 Å². The molecule has 0 spiro atoms.